The number of fused-ring (bicyclic) bond motifs is 1. The fourth-order valence-corrected chi connectivity index (χ4v) is 2.48. The summed E-state index contributed by atoms with van der Waals surface area (Å²) in [6, 6.07) is 6.23. The van der Waals surface area contributed by atoms with E-state index in [4.69, 9.17) is 4.74 Å². The van der Waals surface area contributed by atoms with Crippen LogP contribution in [0, 0.1) is 6.92 Å². The van der Waals surface area contributed by atoms with Crippen molar-refractivity contribution in [1.29, 1.82) is 0 Å². The fourth-order valence-electron chi connectivity index (χ4n) is 2.48. The molecule has 0 amide bonds. The second-order valence-electron chi connectivity index (χ2n) is 4.34. The highest BCUT2D eigenvalue weighted by atomic mass is 16.5. The Morgan fingerprint density at radius 2 is 2.12 bits per heavy atom. The molecule has 1 aromatic heterocycles. The van der Waals surface area contributed by atoms with E-state index in [-0.39, 0.29) is 0 Å². The fraction of sp³-hybridized carbons (Fsp3) is 0.429. The Kier molecular flexibility index (Phi) is 3.38. The molecule has 2 aromatic rings. The van der Waals surface area contributed by atoms with Gasteiger partial charge < -0.3 is 14.6 Å². The molecule has 17 heavy (non-hydrogen) atoms. The maximum atomic E-state index is 5.44. The number of rotatable bonds is 4. The first kappa shape index (κ1) is 12.0. The summed E-state index contributed by atoms with van der Waals surface area (Å²) in [4.78, 5) is 0. The van der Waals surface area contributed by atoms with E-state index in [0.29, 0.717) is 0 Å². The van der Waals surface area contributed by atoms with Gasteiger partial charge in [0.1, 0.15) is 5.75 Å². The first-order chi connectivity index (χ1) is 8.20. The molecular weight excluding hydrogens is 212 g/mol. The Morgan fingerprint density at radius 3 is 2.76 bits per heavy atom. The number of nitrogens with one attached hydrogen (secondary N) is 1. The molecule has 0 unspecified atom stereocenters. The van der Waals surface area contributed by atoms with Crippen LogP contribution in [0.3, 0.4) is 0 Å². The minimum Gasteiger partial charge on any atom is -0.495 e. The molecule has 0 radical (unpaired) electrons. The van der Waals surface area contributed by atoms with E-state index in [1.807, 2.05) is 13.1 Å². The van der Waals surface area contributed by atoms with Gasteiger partial charge in [0.15, 0.2) is 0 Å². The number of ether oxygens (including phenoxy) is 1. The average Bonchev–Trinajstić information content (AvgIpc) is 2.60. The molecule has 0 saturated heterocycles. The summed E-state index contributed by atoms with van der Waals surface area (Å²) >= 11 is 0. The van der Waals surface area contributed by atoms with E-state index in [9.17, 15) is 0 Å². The van der Waals surface area contributed by atoms with Gasteiger partial charge in [0.25, 0.3) is 0 Å². The lowest BCUT2D eigenvalue weighted by Crippen LogP contribution is -2.13. The van der Waals surface area contributed by atoms with Gasteiger partial charge in [-0.3, -0.25) is 0 Å². The van der Waals surface area contributed by atoms with E-state index >= 15 is 0 Å². The van der Waals surface area contributed by atoms with Crippen molar-refractivity contribution in [2.45, 2.75) is 13.3 Å². The van der Waals surface area contributed by atoms with Crippen LogP contribution < -0.4 is 10.1 Å². The van der Waals surface area contributed by atoms with Crippen LogP contribution in [-0.4, -0.2) is 25.3 Å². The Hall–Kier alpha value is -1.48. The molecule has 1 N–H and O–H groups in total. The Labute approximate surface area is 102 Å². The summed E-state index contributed by atoms with van der Waals surface area (Å²) in [6.45, 7) is 3.18. The van der Waals surface area contributed by atoms with Crippen molar-refractivity contribution in [2.24, 2.45) is 7.05 Å². The predicted molar refractivity (Wildman–Crippen MR) is 71.8 cm³/mol. The monoisotopic (exact) mass is 232 g/mol. The number of likely N-dealkylation sites (N-methyl/N-ethyl adjacent to an activating group) is 1. The molecule has 3 nitrogen and oxygen atoms in total. The number of hydrogen-bond donors (Lipinski definition) is 1. The van der Waals surface area contributed by atoms with E-state index < -0.39 is 0 Å². The summed E-state index contributed by atoms with van der Waals surface area (Å²) in [7, 11) is 5.83. The van der Waals surface area contributed by atoms with Gasteiger partial charge in [-0.2, -0.15) is 0 Å². The average molecular weight is 232 g/mol. The van der Waals surface area contributed by atoms with Crippen molar-refractivity contribution >= 4 is 10.9 Å². The summed E-state index contributed by atoms with van der Waals surface area (Å²) in [5.41, 5.74) is 3.93. The van der Waals surface area contributed by atoms with Gasteiger partial charge in [-0.05, 0) is 25.6 Å². The van der Waals surface area contributed by atoms with Crippen LogP contribution in [0.5, 0.6) is 5.75 Å². The van der Waals surface area contributed by atoms with Gasteiger partial charge in [0.05, 0.1) is 12.6 Å². The largest absolute Gasteiger partial charge is 0.495 e. The van der Waals surface area contributed by atoms with E-state index in [0.717, 1.165) is 18.7 Å². The molecule has 3 heteroatoms. The minimum absolute atomic E-state index is 0.948. The van der Waals surface area contributed by atoms with Crippen LogP contribution >= 0.6 is 0 Å². The van der Waals surface area contributed by atoms with Gasteiger partial charge in [-0.25, -0.2) is 0 Å². The lowest BCUT2D eigenvalue weighted by Gasteiger charge is -2.07. The highest BCUT2D eigenvalue weighted by Gasteiger charge is 2.14. The molecule has 0 saturated carbocycles. The van der Waals surface area contributed by atoms with E-state index in [2.05, 4.69) is 36.0 Å². The first-order valence-corrected chi connectivity index (χ1v) is 5.96. The number of para-hydroxylation sites is 1. The van der Waals surface area contributed by atoms with Crippen molar-refractivity contribution in [3.8, 4) is 5.75 Å². The van der Waals surface area contributed by atoms with Crippen molar-refractivity contribution in [2.75, 3.05) is 20.7 Å². The minimum atomic E-state index is 0.948. The van der Waals surface area contributed by atoms with Crippen LogP contribution in [0.2, 0.25) is 0 Å². The third-order valence-electron chi connectivity index (χ3n) is 3.41. The zero-order chi connectivity index (χ0) is 12.4. The summed E-state index contributed by atoms with van der Waals surface area (Å²) in [6.07, 6.45) is 1.04. The lowest BCUT2D eigenvalue weighted by atomic mass is 10.1. The molecule has 0 bridgehead atoms. The van der Waals surface area contributed by atoms with Crippen LogP contribution in [0.15, 0.2) is 18.2 Å². The molecule has 0 aliphatic carbocycles. The number of aryl methyl sites for hydroxylation is 2. The molecule has 1 aromatic carbocycles. The molecular formula is C14H20N2O. The number of benzene rings is 1. The van der Waals surface area contributed by atoms with Crippen LogP contribution in [0.1, 0.15) is 11.3 Å². The Bertz CT molecular complexity index is 528. The number of aromatic nitrogens is 1. The third kappa shape index (κ3) is 1.91. The van der Waals surface area contributed by atoms with Crippen molar-refractivity contribution in [3.63, 3.8) is 0 Å². The molecule has 0 aliphatic heterocycles. The lowest BCUT2D eigenvalue weighted by molar-refractivity contribution is 0.417. The maximum absolute atomic E-state index is 5.44. The summed E-state index contributed by atoms with van der Waals surface area (Å²) in [5.74, 6) is 0.948. The SMILES string of the molecule is CNCCc1c(C)c2cccc(OC)c2n1C. The number of methoxy groups -OCH3 is 1. The van der Waals surface area contributed by atoms with Gasteiger partial charge in [-0.15, -0.1) is 0 Å². The van der Waals surface area contributed by atoms with Crippen LogP contribution in [0.25, 0.3) is 10.9 Å². The van der Waals surface area contributed by atoms with Gasteiger partial charge in [0, 0.05) is 31.1 Å². The number of nitrogens with zero attached hydrogens (tertiary/aromatic N) is 1. The standard InChI is InChI=1S/C14H20N2O/c1-10-11-6-5-7-13(17-4)14(11)16(3)12(10)8-9-15-2/h5-7,15H,8-9H2,1-4H3. The second kappa shape index (κ2) is 4.80. The topological polar surface area (TPSA) is 26.2 Å². The first-order valence-electron chi connectivity index (χ1n) is 5.96. The highest BCUT2D eigenvalue weighted by molar-refractivity contribution is 5.90. The molecule has 0 fully saturated rings. The Balaban J connectivity index is 2.63. The van der Waals surface area contributed by atoms with E-state index in [1.165, 1.54) is 22.2 Å². The van der Waals surface area contributed by atoms with Crippen LogP contribution in [0.4, 0.5) is 0 Å². The number of hydrogen-bond acceptors (Lipinski definition) is 2. The van der Waals surface area contributed by atoms with Crippen molar-refractivity contribution in [3.05, 3.63) is 29.5 Å². The predicted octanol–water partition coefficient (Wildman–Crippen LogP) is 2.26. The zero-order valence-corrected chi connectivity index (χ0v) is 11.0. The summed E-state index contributed by atoms with van der Waals surface area (Å²) in [5, 5.41) is 4.49. The normalized spacial score (nSPS) is 11.1. The third-order valence-corrected chi connectivity index (χ3v) is 3.41. The van der Waals surface area contributed by atoms with Crippen LogP contribution in [-0.2, 0) is 13.5 Å². The summed E-state index contributed by atoms with van der Waals surface area (Å²) < 4.78 is 7.70. The molecule has 2 rings (SSSR count). The second-order valence-corrected chi connectivity index (χ2v) is 4.34. The van der Waals surface area contributed by atoms with E-state index in [1.54, 1.807) is 7.11 Å². The molecule has 0 spiro atoms. The van der Waals surface area contributed by atoms with Gasteiger partial charge in [-0.1, -0.05) is 12.1 Å². The van der Waals surface area contributed by atoms with Crippen molar-refractivity contribution in [1.82, 2.24) is 9.88 Å². The molecule has 0 atom stereocenters. The zero-order valence-electron chi connectivity index (χ0n) is 11.0. The molecule has 0 aliphatic rings. The maximum Gasteiger partial charge on any atom is 0.143 e. The molecule has 1 heterocycles. The quantitative estimate of drug-likeness (QED) is 0.875. The van der Waals surface area contributed by atoms with Crippen molar-refractivity contribution < 1.29 is 4.74 Å². The highest BCUT2D eigenvalue weighted by Crippen LogP contribution is 2.31. The Morgan fingerprint density at radius 1 is 1.35 bits per heavy atom. The smallest absolute Gasteiger partial charge is 0.143 e. The van der Waals surface area contributed by atoms with Gasteiger partial charge >= 0.3 is 0 Å². The van der Waals surface area contributed by atoms with Gasteiger partial charge in [0.2, 0.25) is 0 Å². The molecule has 92 valence electrons.